The molecule has 3 rings (SSSR count). The lowest BCUT2D eigenvalue weighted by atomic mass is 10.0. The van der Waals surface area contributed by atoms with Crippen molar-refractivity contribution in [2.75, 3.05) is 23.4 Å². The van der Waals surface area contributed by atoms with Crippen molar-refractivity contribution in [2.24, 2.45) is 5.92 Å². The molecule has 1 heterocycles. The van der Waals surface area contributed by atoms with Crippen LogP contribution in [-0.4, -0.2) is 30.9 Å². The number of amides is 2. The molecule has 164 valence electrons. The Balaban J connectivity index is 1.62. The van der Waals surface area contributed by atoms with Crippen LogP contribution in [0.5, 0.6) is 0 Å². The van der Waals surface area contributed by atoms with Crippen LogP contribution in [0.2, 0.25) is 0 Å². The zero-order chi connectivity index (χ0) is 22.4. The third-order valence-electron chi connectivity index (χ3n) is 5.71. The molecule has 0 aliphatic carbocycles. The van der Waals surface area contributed by atoms with Crippen LogP contribution in [0.25, 0.3) is 0 Å². The van der Waals surface area contributed by atoms with Gasteiger partial charge in [-0.15, -0.1) is 0 Å². The van der Waals surface area contributed by atoms with Crippen LogP contribution in [0.4, 0.5) is 11.4 Å². The zero-order valence-electron chi connectivity index (χ0n) is 18.4. The van der Waals surface area contributed by atoms with Gasteiger partial charge in [0.05, 0.1) is 5.92 Å². The van der Waals surface area contributed by atoms with Crippen molar-refractivity contribution in [1.82, 2.24) is 0 Å². The molecule has 31 heavy (non-hydrogen) atoms. The number of carbonyl (C=O) groups is 3. The van der Waals surface area contributed by atoms with Crippen molar-refractivity contribution in [3.8, 4) is 0 Å². The van der Waals surface area contributed by atoms with Gasteiger partial charge in [0.15, 0.2) is 6.61 Å². The van der Waals surface area contributed by atoms with E-state index in [2.05, 4.69) is 19.2 Å². The number of hydrogen-bond donors (Lipinski definition) is 1. The van der Waals surface area contributed by atoms with Crippen LogP contribution >= 0.6 is 0 Å². The summed E-state index contributed by atoms with van der Waals surface area (Å²) < 4.78 is 5.25. The Morgan fingerprint density at radius 1 is 0.968 bits per heavy atom. The number of para-hydroxylation sites is 2. The third-order valence-corrected chi connectivity index (χ3v) is 5.71. The molecule has 2 aromatic rings. The highest BCUT2D eigenvalue weighted by molar-refractivity contribution is 6.01. The van der Waals surface area contributed by atoms with Crippen LogP contribution in [0.3, 0.4) is 0 Å². The van der Waals surface area contributed by atoms with Gasteiger partial charge in [-0.2, -0.15) is 0 Å². The highest BCUT2D eigenvalue weighted by atomic mass is 16.5. The summed E-state index contributed by atoms with van der Waals surface area (Å²) >= 11 is 0. The fourth-order valence-corrected chi connectivity index (χ4v) is 4.03. The summed E-state index contributed by atoms with van der Waals surface area (Å²) in [6, 6.07) is 13.6. The second-order valence-electron chi connectivity index (χ2n) is 7.70. The minimum atomic E-state index is -0.571. The number of ether oxygens (including phenoxy) is 1. The van der Waals surface area contributed by atoms with Gasteiger partial charge in [-0.05, 0) is 42.0 Å². The predicted molar refractivity (Wildman–Crippen MR) is 121 cm³/mol. The molecule has 0 aromatic heterocycles. The van der Waals surface area contributed by atoms with Crippen LogP contribution in [-0.2, 0) is 38.4 Å². The molecule has 2 amide bonds. The topological polar surface area (TPSA) is 75.7 Å². The minimum absolute atomic E-state index is 0.0844. The highest BCUT2D eigenvalue weighted by Crippen LogP contribution is 2.32. The smallest absolute Gasteiger partial charge is 0.311 e. The van der Waals surface area contributed by atoms with Crippen LogP contribution < -0.4 is 10.2 Å². The molecule has 1 aliphatic rings. The maximum Gasteiger partial charge on any atom is 0.311 e. The fraction of sp³-hybridized carbons (Fsp3) is 0.400. The van der Waals surface area contributed by atoms with Gasteiger partial charge in [-0.3, -0.25) is 14.4 Å². The molecule has 6 heteroatoms. The quantitative estimate of drug-likeness (QED) is 0.655. The van der Waals surface area contributed by atoms with E-state index < -0.39 is 11.9 Å². The van der Waals surface area contributed by atoms with Crippen molar-refractivity contribution in [3.05, 3.63) is 59.2 Å². The van der Waals surface area contributed by atoms with Crippen molar-refractivity contribution in [2.45, 2.75) is 46.5 Å². The van der Waals surface area contributed by atoms with Crippen LogP contribution in [0, 0.1) is 5.92 Å². The number of anilines is 2. The van der Waals surface area contributed by atoms with E-state index in [0.717, 1.165) is 47.3 Å². The largest absolute Gasteiger partial charge is 0.455 e. The van der Waals surface area contributed by atoms with Crippen molar-refractivity contribution < 1.29 is 19.1 Å². The van der Waals surface area contributed by atoms with Crippen LogP contribution in [0.1, 0.15) is 43.9 Å². The lowest BCUT2D eigenvalue weighted by Crippen LogP contribution is -2.29. The predicted octanol–water partition coefficient (Wildman–Crippen LogP) is 3.91. The molecule has 1 fully saturated rings. The number of aryl methyl sites for hydroxylation is 3. The first-order chi connectivity index (χ1) is 15.0. The normalized spacial score (nSPS) is 15.8. The molecule has 2 aromatic carbocycles. The highest BCUT2D eigenvalue weighted by Gasteiger charge is 2.37. The number of nitrogens with zero attached hydrogens (tertiary/aromatic N) is 1. The van der Waals surface area contributed by atoms with Gasteiger partial charge in [-0.1, -0.05) is 57.2 Å². The van der Waals surface area contributed by atoms with E-state index in [0.29, 0.717) is 0 Å². The average Bonchev–Trinajstić information content (AvgIpc) is 3.18. The number of carbonyl (C=O) groups excluding carboxylic acids is 3. The molecule has 1 saturated heterocycles. The van der Waals surface area contributed by atoms with Gasteiger partial charge in [0.1, 0.15) is 0 Å². The average molecular weight is 423 g/mol. The van der Waals surface area contributed by atoms with E-state index in [1.165, 1.54) is 0 Å². The lowest BCUT2D eigenvalue weighted by Gasteiger charge is -2.23. The van der Waals surface area contributed by atoms with Gasteiger partial charge in [0, 0.05) is 24.3 Å². The Morgan fingerprint density at radius 3 is 2.23 bits per heavy atom. The third kappa shape index (κ3) is 5.13. The Labute approximate surface area is 183 Å². The van der Waals surface area contributed by atoms with Crippen LogP contribution in [0.15, 0.2) is 42.5 Å². The summed E-state index contributed by atoms with van der Waals surface area (Å²) in [4.78, 5) is 39.3. The first-order valence-electron chi connectivity index (χ1n) is 10.9. The Hall–Kier alpha value is -3.15. The molecule has 0 unspecified atom stereocenters. The standard InChI is InChI=1S/C25H30N2O4/c1-4-17-10-7-8-13-21(17)26-22(28)16-31-25(30)20-14-23(29)27(15-20)24-18(5-2)11-9-12-19(24)6-3/h7-13,20H,4-6,14-16H2,1-3H3,(H,26,28)/t20-/m0/s1. The van der Waals surface area contributed by atoms with E-state index in [1.807, 2.05) is 49.4 Å². The second kappa shape index (κ2) is 10.2. The Kier molecular flexibility index (Phi) is 7.45. The van der Waals surface area contributed by atoms with E-state index in [1.54, 1.807) is 4.90 Å². The fourth-order valence-electron chi connectivity index (χ4n) is 4.03. The van der Waals surface area contributed by atoms with Gasteiger partial charge in [0.25, 0.3) is 5.91 Å². The first-order valence-corrected chi connectivity index (χ1v) is 10.9. The van der Waals surface area contributed by atoms with E-state index in [-0.39, 0.29) is 31.4 Å². The van der Waals surface area contributed by atoms with Crippen molar-refractivity contribution >= 4 is 29.2 Å². The van der Waals surface area contributed by atoms with Gasteiger partial charge < -0.3 is 15.0 Å². The summed E-state index contributed by atoms with van der Waals surface area (Å²) in [5.41, 5.74) is 4.84. The first kappa shape index (κ1) is 22.5. The number of hydrogen-bond acceptors (Lipinski definition) is 4. The summed E-state index contributed by atoms with van der Waals surface area (Å²) in [5, 5.41) is 2.79. The maximum atomic E-state index is 12.7. The molecule has 1 atom stereocenters. The van der Waals surface area contributed by atoms with Crippen molar-refractivity contribution in [1.29, 1.82) is 0 Å². The molecule has 6 nitrogen and oxygen atoms in total. The number of rotatable bonds is 8. The number of nitrogens with one attached hydrogen (secondary N) is 1. The molecule has 0 radical (unpaired) electrons. The molecule has 0 saturated carbocycles. The molecular formula is C25H30N2O4. The second-order valence-corrected chi connectivity index (χ2v) is 7.70. The van der Waals surface area contributed by atoms with E-state index in [9.17, 15) is 14.4 Å². The SMILES string of the molecule is CCc1ccccc1NC(=O)COC(=O)[C@H]1CC(=O)N(c2c(CC)cccc2CC)C1. The van der Waals surface area contributed by atoms with Gasteiger partial charge in [-0.25, -0.2) is 0 Å². The Bertz CT molecular complexity index is 947. The zero-order valence-corrected chi connectivity index (χ0v) is 18.4. The minimum Gasteiger partial charge on any atom is -0.455 e. The molecule has 0 spiro atoms. The Morgan fingerprint density at radius 2 is 1.58 bits per heavy atom. The summed E-state index contributed by atoms with van der Waals surface area (Å²) in [5.74, 6) is -1.56. The van der Waals surface area contributed by atoms with E-state index >= 15 is 0 Å². The summed E-state index contributed by atoms with van der Waals surface area (Å²) in [7, 11) is 0. The van der Waals surface area contributed by atoms with Gasteiger partial charge in [0.2, 0.25) is 5.91 Å². The lowest BCUT2D eigenvalue weighted by molar-refractivity contribution is -0.151. The number of benzene rings is 2. The van der Waals surface area contributed by atoms with Gasteiger partial charge >= 0.3 is 5.97 Å². The summed E-state index contributed by atoms with van der Waals surface area (Å²) in [6.45, 7) is 6.03. The molecule has 0 bridgehead atoms. The molecular weight excluding hydrogens is 392 g/mol. The van der Waals surface area contributed by atoms with E-state index in [4.69, 9.17) is 4.74 Å². The summed E-state index contributed by atoms with van der Waals surface area (Å²) in [6.07, 6.45) is 2.50. The van der Waals surface area contributed by atoms with Crippen molar-refractivity contribution in [3.63, 3.8) is 0 Å². The maximum absolute atomic E-state index is 12.7. The number of esters is 1. The molecule has 1 N–H and O–H groups in total. The molecule has 1 aliphatic heterocycles. The monoisotopic (exact) mass is 422 g/mol.